The number of nitrogens with zero attached hydrogens (tertiary/aromatic N) is 3. The molecule has 4 aromatic rings. The molecular formula is C25H23F2N5O. The SMILES string of the molecule is C=C(Nc1ccc2[nH]nc(-c3ccncc3)c2c1)C1CN(Cc2ccc(F)cc2F)CCO1. The molecule has 0 amide bonds. The van der Waals surface area contributed by atoms with Crippen LogP contribution in [0.2, 0.25) is 0 Å². The molecule has 5 rings (SSSR count). The van der Waals surface area contributed by atoms with Crippen LogP contribution in [0.3, 0.4) is 0 Å². The molecule has 6 nitrogen and oxygen atoms in total. The number of morpholine rings is 1. The fourth-order valence-electron chi connectivity index (χ4n) is 4.04. The lowest BCUT2D eigenvalue weighted by Gasteiger charge is -2.34. The van der Waals surface area contributed by atoms with Gasteiger partial charge in [-0.1, -0.05) is 12.6 Å². The van der Waals surface area contributed by atoms with E-state index in [9.17, 15) is 8.78 Å². The van der Waals surface area contributed by atoms with Crippen LogP contribution in [0.5, 0.6) is 0 Å². The quantitative estimate of drug-likeness (QED) is 0.447. The lowest BCUT2D eigenvalue weighted by Crippen LogP contribution is -2.43. The maximum atomic E-state index is 14.1. The van der Waals surface area contributed by atoms with Crippen molar-refractivity contribution in [3.8, 4) is 11.3 Å². The summed E-state index contributed by atoms with van der Waals surface area (Å²) in [4.78, 5) is 6.15. The Morgan fingerprint density at radius 2 is 2.00 bits per heavy atom. The van der Waals surface area contributed by atoms with Crippen molar-refractivity contribution in [3.05, 3.63) is 90.4 Å². The highest BCUT2D eigenvalue weighted by Crippen LogP contribution is 2.29. The third-order valence-electron chi connectivity index (χ3n) is 5.77. The van der Waals surface area contributed by atoms with Gasteiger partial charge in [-0.2, -0.15) is 5.10 Å². The number of aromatic nitrogens is 3. The van der Waals surface area contributed by atoms with E-state index in [1.54, 1.807) is 12.4 Å². The molecule has 2 aromatic carbocycles. The number of benzene rings is 2. The summed E-state index contributed by atoms with van der Waals surface area (Å²) in [5.74, 6) is -1.11. The molecule has 0 spiro atoms. The highest BCUT2D eigenvalue weighted by atomic mass is 19.1. The zero-order valence-corrected chi connectivity index (χ0v) is 17.9. The second-order valence-corrected chi connectivity index (χ2v) is 8.05. The van der Waals surface area contributed by atoms with Crippen LogP contribution in [-0.2, 0) is 11.3 Å². The van der Waals surface area contributed by atoms with Crippen LogP contribution in [0.15, 0.2) is 73.2 Å². The lowest BCUT2D eigenvalue weighted by molar-refractivity contribution is -0.0118. The van der Waals surface area contributed by atoms with Crippen LogP contribution in [0.25, 0.3) is 22.2 Å². The van der Waals surface area contributed by atoms with Crippen molar-refractivity contribution >= 4 is 16.6 Å². The summed E-state index contributed by atoms with van der Waals surface area (Å²) in [5.41, 5.74) is 4.81. The number of rotatable bonds is 6. The molecule has 1 aliphatic rings. The van der Waals surface area contributed by atoms with Crippen LogP contribution in [0.1, 0.15) is 5.56 Å². The number of hydrogen-bond donors (Lipinski definition) is 2. The Labute approximate surface area is 189 Å². The minimum absolute atomic E-state index is 0.262. The molecule has 1 aliphatic heterocycles. The average molecular weight is 447 g/mol. The Kier molecular flexibility index (Phi) is 5.85. The number of fused-ring (bicyclic) bond motifs is 1. The van der Waals surface area contributed by atoms with E-state index in [0.29, 0.717) is 37.5 Å². The molecular weight excluding hydrogens is 424 g/mol. The Balaban J connectivity index is 1.29. The first-order valence-electron chi connectivity index (χ1n) is 10.7. The molecule has 1 unspecified atom stereocenters. The highest BCUT2D eigenvalue weighted by molar-refractivity contribution is 5.94. The molecule has 0 radical (unpaired) electrons. The molecule has 2 N–H and O–H groups in total. The summed E-state index contributed by atoms with van der Waals surface area (Å²) in [6, 6.07) is 13.5. The van der Waals surface area contributed by atoms with Gasteiger partial charge in [0.05, 0.1) is 12.1 Å². The zero-order chi connectivity index (χ0) is 22.8. The number of aromatic amines is 1. The molecule has 0 saturated carbocycles. The van der Waals surface area contributed by atoms with Crippen molar-refractivity contribution in [2.75, 3.05) is 25.0 Å². The van der Waals surface area contributed by atoms with Crippen molar-refractivity contribution in [1.82, 2.24) is 20.1 Å². The topological polar surface area (TPSA) is 66.1 Å². The Hall–Kier alpha value is -3.62. The van der Waals surface area contributed by atoms with Crippen molar-refractivity contribution < 1.29 is 13.5 Å². The van der Waals surface area contributed by atoms with E-state index >= 15 is 0 Å². The Bertz CT molecular complexity index is 1290. The first kappa shape index (κ1) is 21.2. The molecule has 0 bridgehead atoms. The van der Waals surface area contributed by atoms with Crippen LogP contribution in [-0.4, -0.2) is 45.9 Å². The minimum atomic E-state index is -0.574. The molecule has 1 saturated heterocycles. The van der Waals surface area contributed by atoms with Gasteiger partial charge in [-0.3, -0.25) is 15.0 Å². The minimum Gasteiger partial charge on any atom is -0.369 e. The molecule has 8 heteroatoms. The van der Waals surface area contributed by atoms with Gasteiger partial charge >= 0.3 is 0 Å². The first-order chi connectivity index (χ1) is 16.1. The van der Waals surface area contributed by atoms with Crippen molar-refractivity contribution in [1.29, 1.82) is 0 Å². The molecule has 33 heavy (non-hydrogen) atoms. The van der Waals surface area contributed by atoms with Crippen LogP contribution >= 0.6 is 0 Å². The van der Waals surface area contributed by atoms with Gasteiger partial charge in [0, 0.05) is 66.0 Å². The second-order valence-electron chi connectivity index (χ2n) is 8.05. The number of H-pyrrole nitrogens is 1. The number of hydrogen-bond acceptors (Lipinski definition) is 5. The molecule has 1 atom stereocenters. The highest BCUT2D eigenvalue weighted by Gasteiger charge is 2.24. The van der Waals surface area contributed by atoms with Gasteiger partial charge in [0.25, 0.3) is 0 Å². The van der Waals surface area contributed by atoms with Crippen LogP contribution in [0, 0.1) is 11.6 Å². The summed E-state index contributed by atoms with van der Waals surface area (Å²) < 4.78 is 33.2. The normalized spacial score (nSPS) is 16.7. The van der Waals surface area contributed by atoms with E-state index in [2.05, 4.69) is 32.0 Å². The number of ether oxygens (including phenoxy) is 1. The predicted molar refractivity (Wildman–Crippen MR) is 123 cm³/mol. The number of pyridine rings is 1. The Morgan fingerprint density at radius 1 is 1.15 bits per heavy atom. The van der Waals surface area contributed by atoms with Gasteiger partial charge in [-0.25, -0.2) is 8.78 Å². The fraction of sp³-hybridized carbons (Fsp3) is 0.200. The van der Waals surface area contributed by atoms with Gasteiger partial charge in [0.1, 0.15) is 23.4 Å². The summed E-state index contributed by atoms with van der Waals surface area (Å²) in [7, 11) is 0. The Morgan fingerprint density at radius 3 is 2.82 bits per heavy atom. The van der Waals surface area contributed by atoms with E-state index in [0.717, 1.165) is 33.9 Å². The summed E-state index contributed by atoms with van der Waals surface area (Å²) in [6.45, 7) is 6.28. The van der Waals surface area contributed by atoms with Gasteiger partial charge in [-0.05, 0) is 36.4 Å². The fourth-order valence-corrected chi connectivity index (χ4v) is 4.04. The molecule has 1 fully saturated rings. The van der Waals surface area contributed by atoms with Crippen molar-refractivity contribution in [2.45, 2.75) is 12.6 Å². The first-order valence-corrected chi connectivity index (χ1v) is 10.7. The average Bonchev–Trinajstić information content (AvgIpc) is 3.25. The summed E-state index contributed by atoms with van der Waals surface area (Å²) in [5, 5.41) is 11.8. The molecule has 3 heterocycles. The largest absolute Gasteiger partial charge is 0.369 e. The smallest absolute Gasteiger partial charge is 0.130 e. The van der Waals surface area contributed by atoms with Crippen LogP contribution in [0.4, 0.5) is 14.5 Å². The van der Waals surface area contributed by atoms with Crippen molar-refractivity contribution in [3.63, 3.8) is 0 Å². The zero-order valence-electron chi connectivity index (χ0n) is 17.9. The molecule has 0 aliphatic carbocycles. The maximum Gasteiger partial charge on any atom is 0.130 e. The number of anilines is 1. The number of halogens is 2. The van der Waals surface area contributed by atoms with E-state index in [1.165, 1.54) is 12.1 Å². The maximum absolute atomic E-state index is 14.1. The van der Waals surface area contributed by atoms with E-state index in [-0.39, 0.29) is 6.10 Å². The van der Waals surface area contributed by atoms with E-state index < -0.39 is 11.6 Å². The summed E-state index contributed by atoms with van der Waals surface area (Å²) >= 11 is 0. The van der Waals surface area contributed by atoms with Crippen LogP contribution < -0.4 is 5.32 Å². The lowest BCUT2D eigenvalue weighted by atomic mass is 10.1. The van der Waals surface area contributed by atoms with Gasteiger partial charge in [-0.15, -0.1) is 0 Å². The second kappa shape index (κ2) is 9.09. The standard InChI is InChI=1S/C25H23F2N5O/c1-16(24-15-32(10-11-33-24)14-18-2-3-19(26)12-22(18)27)29-20-4-5-23-21(13-20)25(31-30-23)17-6-8-28-9-7-17/h2-9,12-13,24,29H,1,10-11,14-15H2,(H,30,31). The van der Waals surface area contributed by atoms with Gasteiger partial charge < -0.3 is 10.1 Å². The van der Waals surface area contributed by atoms with E-state index in [1.807, 2.05) is 30.3 Å². The predicted octanol–water partition coefficient (Wildman–Crippen LogP) is 4.73. The monoisotopic (exact) mass is 447 g/mol. The number of nitrogens with one attached hydrogen (secondary N) is 2. The third kappa shape index (κ3) is 4.62. The van der Waals surface area contributed by atoms with Gasteiger partial charge in [0.2, 0.25) is 0 Å². The third-order valence-corrected chi connectivity index (χ3v) is 5.77. The van der Waals surface area contributed by atoms with E-state index in [4.69, 9.17) is 4.74 Å². The molecule has 168 valence electrons. The summed E-state index contributed by atoms with van der Waals surface area (Å²) in [6.07, 6.45) is 3.22. The van der Waals surface area contributed by atoms with Gasteiger partial charge in [0.15, 0.2) is 0 Å². The van der Waals surface area contributed by atoms with Crippen molar-refractivity contribution in [2.24, 2.45) is 0 Å². The molecule has 2 aromatic heterocycles.